The molecule has 6 nitrogen and oxygen atoms in total. The fourth-order valence-electron chi connectivity index (χ4n) is 5.46. The largest absolute Gasteiger partial charge is 0.497 e. The summed E-state index contributed by atoms with van der Waals surface area (Å²) in [6, 6.07) is 23.3. The van der Waals surface area contributed by atoms with E-state index in [2.05, 4.69) is 20.5 Å². The maximum absolute atomic E-state index is 14.1. The summed E-state index contributed by atoms with van der Waals surface area (Å²) in [6.45, 7) is 0.876. The molecular formula is C31H28ClN3O3. The number of hydrogen-bond acceptors (Lipinski definition) is 3. The molecule has 192 valence electrons. The highest BCUT2D eigenvalue weighted by Crippen LogP contribution is 2.40. The Labute approximate surface area is 226 Å². The number of aryl methyl sites for hydroxylation is 2. The highest BCUT2D eigenvalue weighted by atomic mass is 35.5. The number of nitrogens with one attached hydrogen (secondary N) is 1. The van der Waals surface area contributed by atoms with E-state index in [1.54, 1.807) is 14.2 Å². The van der Waals surface area contributed by atoms with Crippen molar-refractivity contribution in [2.75, 3.05) is 19.5 Å². The molecule has 0 fully saturated rings. The summed E-state index contributed by atoms with van der Waals surface area (Å²) in [5.41, 5.74) is 7.52. The second kappa shape index (κ2) is 9.95. The van der Waals surface area contributed by atoms with Crippen molar-refractivity contribution < 1.29 is 14.3 Å². The van der Waals surface area contributed by atoms with E-state index in [1.807, 2.05) is 72.8 Å². The number of methoxy groups -OCH3 is 2. The van der Waals surface area contributed by atoms with Gasteiger partial charge in [0.15, 0.2) is 0 Å². The topological polar surface area (TPSA) is 56.9 Å². The van der Waals surface area contributed by atoms with Gasteiger partial charge in [-0.05, 0) is 66.8 Å². The minimum Gasteiger partial charge on any atom is -0.497 e. The van der Waals surface area contributed by atoms with Crippen molar-refractivity contribution in [2.45, 2.75) is 25.8 Å². The Hall–Kier alpha value is -4.16. The van der Waals surface area contributed by atoms with E-state index < -0.39 is 0 Å². The number of para-hydroxylation sites is 2. The summed E-state index contributed by atoms with van der Waals surface area (Å²) in [6.07, 6.45) is 5.07. The van der Waals surface area contributed by atoms with Crippen LogP contribution in [-0.2, 0) is 13.0 Å². The first-order chi connectivity index (χ1) is 18.6. The molecule has 0 bridgehead atoms. The lowest BCUT2D eigenvalue weighted by molar-refractivity contribution is 0.102. The third-order valence-electron chi connectivity index (χ3n) is 7.22. The number of nitrogens with zero attached hydrogens (tertiary/aromatic N) is 2. The number of amides is 1. The average molecular weight is 526 g/mol. The van der Waals surface area contributed by atoms with Gasteiger partial charge in [0.25, 0.3) is 5.91 Å². The predicted octanol–water partition coefficient (Wildman–Crippen LogP) is 7.33. The number of imidazole rings is 1. The van der Waals surface area contributed by atoms with E-state index in [1.165, 1.54) is 5.56 Å². The molecule has 0 spiro atoms. The lowest BCUT2D eigenvalue weighted by Gasteiger charge is -2.12. The third kappa shape index (κ3) is 4.11. The van der Waals surface area contributed by atoms with Crippen molar-refractivity contribution in [2.24, 2.45) is 0 Å². The number of carbonyl (C=O) groups excluding carboxylic acids is 1. The summed E-state index contributed by atoms with van der Waals surface area (Å²) >= 11 is 6.19. The van der Waals surface area contributed by atoms with Gasteiger partial charge in [-0.2, -0.15) is 0 Å². The van der Waals surface area contributed by atoms with Gasteiger partial charge >= 0.3 is 0 Å². The zero-order chi connectivity index (χ0) is 26.2. The molecular weight excluding hydrogens is 498 g/mol. The normalized spacial score (nSPS) is 12.8. The number of carbonyl (C=O) groups is 1. The van der Waals surface area contributed by atoms with Crippen molar-refractivity contribution in [3.05, 3.63) is 95.3 Å². The molecule has 0 saturated heterocycles. The van der Waals surface area contributed by atoms with E-state index in [-0.39, 0.29) is 5.91 Å². The van der Waals surface area contributed by atoms with Crippen LogP contribution in [-0.4, -0.2) is 29.1 Å². The van der Waals surface area contributed by atoms with Crippen LogP contribution >= 0.6 is 11.6 Å². The zero-order valence-electron chi connectivity index (χ0n) is 21.3. The molecule has 38 heavy (non-hydrogen) atoms. The first-order valence-corrected chi connectivity index (χ1v) is 13.1. The van der Waals surface area contributed by atoms with Crippen molar-refractivity contribution >= 4 is 28.8 Å². The summed E-state index contributed by atoms with van der Waals surface area (Å²) in [5, 5.41) is 3.81. The molecule has 0 atom stereocenters. The lowest BCUT2D eigenvalue weighted by Crippen LogP contribution is -2.16. The molecule has 1 N–H and O–H groups in total. The number of hydrogen-bond donors (Lipinski definition) is 1. The first-order valence-electron chi connectivity index (χ1n) is 12.7. The number of ether oxygens (including phenoxy) is 2. The van der Waals surface area contributed by atoms with Crippen molar-refractivity contribution in [3.63, 3.8) is 0 Å². The Kier molecular flexibility index (Phi) is 6.34. The van der Waals surface area contributed by atoms with E-state index in [9.17, 15) is 4.79 Å². The summed E-state index contributed by atoms with van der Waals surface area (Å²) in [7, 11) is 3.26. The van der Waals surface area contributed by atoms with Gasteiger partial charge in [0.2, 0.25) is 0 Å². The van der Waals surface area contributed by atoms with E-state index in [4.69, 9.17) is 21.1 Å². The minimum atomic E-state index is -0.193. The van der Waals surface area contributed by atoms with Gasteiger partial charge in [-0.1, -0.05) is 48.0 Å². The van der Waals surface area contributed by atoms with Gasteiger partial charge in [0.1, 0.15) is 22.8 Å². The monoisotopic (exact) mass is 525 g/mol. The number of benzene rings is 3. The van der Waals surface area contributed by atoms with E-state index in [0.717, 1.165) is 59.6 Å². The van der Waals surface area contributed by atoms with Gasteiger partial charge in [-0.15, -0.1) is 0 Å². The molecule has 1 amide bonds. The van der Waals surface area contributed by atoms with Gasteiger partial charge in [0.05, 0.1) is 25.6 Å². The Bertz CT molecular complexity index is 1630. The predicted molar refractivity (Wildman–Crippen MR) is 152 cm³/mol. The molecule has 1 aliphatic rings. The molecule has 2 aromatic heterocycles. The van der Waals surface area contributed by atoms with Crippen LogP contribution in [0.15, 0.2) is 79.0 Å². The summed E-state index contributed by atoms with van der Waals surface area (Å²) in [5.74, 6) is 1.19. The molecule has 0 unspecified atom stereocenters. The molecule has 5 aromatic rings. The highest BCUT2D eigenvalue weighted by molar-refractivity contribution is 6.30. The molecule has 1 aliphatic heterocycles. The Morgan fingerprint density at radius 3 is 2.37 bits per heavy atom. The van der Waals surface area contributed by atoms with Crippen LogP contribution in [0.3, 0.4) is 0 Å². The maximum Gasteiger partial charge on any atom is 0.273 e. The molecule has 7 heteroatoms. The third-order valence-corrected chi connectivity index (χ3v) is 7.47. The minimum absolute atomic E-state index is 0.193. The smallest absolute Gasteiger partial charge is 0.273 e. The van der Waals surface area contributed by atoms with Crippen molar-refractivity contribution in [3.8, 4) is 33.9 Å². The van der Waals surface area contributed by atoms with Crippen LogP contribution in [0.25, 0.3) is 28.0 Å². The van der Waals surface area contributed by atoms with Crippen LogP contribution in [0.1, 0.15) is 28.9 Å². The van der Waals surface area contributed by atoms with Gasteiger partial charge < -0.3 is 19.4 Å². The second-order valence-corrected chi connectivity index (χ2v) is 9.85. The number of rotatable bonds is 6. The Balaban J connectivity index is 1.60. The van der Waals surface area contributed by atoms with Crippen LogP contribution < -0.4 is 14.8 Å². The molecule has 0 aliphatic carbocycles. The Morgan fingerprint density at radius 1 is 0.895 bits per heavy atom. The average Bonchev–Trinajstić information content (AvgIpc) is 3.36. The molecule has 6 rings (SSSR count). The SMILES string of the molecule is COc1ccc(-c2c3c4n(c(-c5ccc(Cl)cc5)cn4c2C(=O)Nc2ccccc2OC)CCCC3)cc1. The van der Waals surface area contributed by atoms with Gasteiger partial charge in [-0.3, -0.25) is 9.20 Å². The van der Waals surface area contributed by atoms with E-state index >= 15 is 0 Å². The number of aromatic nitrogens is 2. The fraction of sp³-hybridized carbons (Fsp3) is 0.194. The molecule has 0 saturated carbocycles. The second-order valence-electron chi connectivity index (χ2n) is 9.41. The van der Waals surface area contributed by atoms with Crippen molar-refractivity contribution in [1.82, 2.24) is 8.97 Å². The number of halogens is 1. The standard InChI is InChI=1S/C31H28ClN3O3/c1-37-23-16-12-21(13-17-23)28-24-7-5-6-18-34-26(20-10-14-22(32)15-11-20)19-35(31(24)34)29(28)30(36)33-25-8-3-4-9-27(25)38-2/h3-4,8-17,19H,5-7,18H2,1-2H3,(H,33,36). The van der Waals surface area contributed by atoms with Crippen LogP contribution in [0.2, 0.25) is 5.02 Å². The number of anilines is 1. The highest BCUT2D eigenvalue weighted by Gasteiger charge is 2.30. The lowest BCUT2D eigenvalue weighted by atomic mass is 9.97. The summed E-state index contributed by atoms with van der Waals surface area (Å²) < 4.78 is 15.3. The van der Waals surface area contributed by atoms with Crippen LogP contribution in [0.5, 0.6) is 11.5 Å². The van der Waals surface area contributed by atoms with Crippen molar-refractivity contribution in [1.29, 1.82) is 0 Å². The Morgan fingerprint density at radius 2 is 1.63 bits per heavy atom. The molecule has 3 heterocycles. The van der Waals surface area contributed by atoms with E-state index in [0.29, 0.717) is 22.2 Å². The van der Waals surface area contributed by atoms with Gasteiger partial charge in [-0.25, -0.2) is 0 Å². The maximum atomic E-state index is 14.1. The first kappa shape index (κ1) is 24.2. The molecule has 3 aromatic carbocycles. The fourth-order valence-corrected chi connectivity index (χ4v) is 5.58. The van der Waals surface area contributed by atoms with Gasteiger partial charge in [0, 0.05) is 28.9 Å². The van der Waals surface area contributed by atoms with Crippen LogP contribution in [0.4, 0.5) is 5.69 Å². The zero-order valence-corrected chi connectivity index (χ0v) is 22.1. The quantitative estimate of drug-likeness (QED) is 0.252. The molecule has 0 radical (unpaired) electrons. The van der Waals surface area contributed by atoms with Crippen LogP contribution in [0, 0.1) is 0 Å². The summed E-state index contributed by atoms with van der Waals surface area (Å²) in [4.78, 5) is 14.1.